The first kappa shape index (κ1) is 23.1. The van der Waals surface area contributed by atoms with Crippen molar-refractivity contribution >= 4 is 17.3 Å². The van der Waals surface area contributed by atoms with Crippen LogP contribution in [-0.2, 0) is 16.6 Å². The number of aliphatic imine (C=N–C) groups is 1. The Bertz CT molecular complexity index is 602. The van der Waals surface area contributed by atoms with Gasteiger partial charge in [-0.3, -0.25) is 9.89 Å². The van der Waals surface area contributed by atoms with E-state index >= 15 is 0 Å². The lowest BCUT2D eigenvalue weighted by Crippen LogP contribution is -2.51. The van der Waals surface area contributed by atoms with E-state index in [0.29, 0.717) is 12.0 Å². The highest BCUT2D eigenvalue weighted by atomic mass is 32.1. The Kier molecular flexibility index (Phi) is 9.18. The quantitative estimate of drug-likeness (QED) is 0.511. The molecule has 6 nitrogen and oxygen atoms in total. The minimum absolute atomic E-state index is 0.116. The Balaban J connectivity index is 1.79. The molecule has 2 N–H and O–H groups in total. The summed E-state index contributed by atoms with van der Waals surface area (Å²) in [6, 6.07) is 0.510. The normalized spacial score (nSPS) is 17.8. The Hall–Kier alpha value is -1.18. The average Bonchev–Trinajstić information content (AvgIpc) is 3.13. The first-order valence-electron chi connectivity index (χ1n) is 10.5. The summed E-state index contributed by atoms with van der Waals surface area (Å²) < 4.78 is 5.52. The summed E-state index contributed by atoms with van der Waals surface area (Å²) in [6.45, 7) is 16.7. The van der Waals surface area contributed by atoms with Crippen molar-refractivity contribution in [1.29, 1.82) is 0 Å². The fraction of sp³-hybridized carbons (Fsp3) is 0.810. The van der Waals surface area contributed by atoms with Crippen molar-refractivity contribution in [2.75, 3.05) is 46.4 Å². The lowest BCUT2D eigenvalue weighted by atomic mass is 9.93. The number of morpholine rings is 1. The van der Waals surface area contributed by atoms with Crippen LogP contribution in [0.3, 0.4) is 0 Å². The molecule has 0 amide bonds. The first-order chi connectivity index (χ1) is 13.3. The Morgan fingerprint density at radius 3 is 2.57 bits per heavy atom. The van der Waals surface area contributed by atoms with Gasteiger partial charge in [0.05, 0.1) is 23.9 Å². The molecule has 0 bridgehead atoms. The zero-order chi connectivity index (χ0) is 20.6. The summed E-state index contributed by atoms with van der Waals surface area (Å²) in [5, 5.41) is 10.3. The third-order valence-corrected chi connectivity index (χ3v) is 5.89. The minimum atomic E-state index is 0.116. The van der Waals surface area contributed by atoms with E-state index in [2.05, 4.69) is 60.5 Å². The number of guanidine groups is 1. The lowest BCUT2D eigenvalue weighted by molar-refractivity contribution is 0.0132. The van der Waals surface area contributed by atoms with E-state index in [-0.39, 0.29) is 5.41 Å². The Morgan fingerprint density at radius 2 is 2.00 bits per heavy atom. The summed E-state index contributed by atoms with van der Waals surface area (Å²) in [4.78, 5) is 11.7. The van der Waals surface area contributed by atoms with E-state index in [1.54, 1.807) is 11.3 Å². The van der Waals surface area contributed by atoms with Crippen molar-refractivity contribution < 1.29 is 4.74 Å². The van der Waals surface area contributed by atoms with Gasteiger partial charge in [-0.05, 0) is 12.3 Å². The molecule has 0 aromatic carbocycles. The second kappa shape index (κ2) is 11.1. The highest BCUT2D eigenvalue weighted by molar-refractivity contribution is 7.09. The SMILES string of the molecule is CN=C(NCCc1nc(C(C)(C)C)cs1)NCC(CC(C)C)N1CCOCC1. The van der Waals surface area contributed by atoms with Crippen LogP contribution in [0.4, 0.5) is 0 Å². The maximum atomic E-state index is 5.52. The summed E-state index contributed by atoms with van der Waals surface area (Å²) in [7, 11) is 1.84. The summed E-state index contributed by atoms with van der Waals surface area (Å²) in [6.07, 6.45) is 2.10. The van der Waals surface area contributed by atoms with Gasteiger partial charge in [0.15, 0.2) is 5.96 Å². The molecule has 1 unspecified atom stereocenters. The van der Waals surface area contributed by atoms with Gasteiger partial charge in [0, 0.05) is 56.5 Å². The highest BCUT2D eigenvalue weighted by Crippen LogP contribution is 2.23. The van der Waals surface area contributed by atoms with Gasteiger partial charge in [-0.1, -0.05) is 34.6 Å². The second-order valence-electron chi connectivity index (χ2n) is 8.94. The number of thiazole rings is 1. The number of hydrogen-bond donors (Lipinski definition) is 2. The second-order valence-corrected chi connectivity index (χ2v) is 9.88. The molecule has 0 aliphatic carbocycles. The number of aromatic nitrogens is 1. The zero-order valence-electron chi connectivity index (χ0n) is 18.5. The molecule has 1 aromatic heterocycles. The van der Waals surface area contributed by atoms with Crippen LogP contribution in [0.1, 0.15) is 51.7 Å². The van der Waals surface area contributed by atoms with Crippen LogP contribution in [0, 0.1) is 5.92 Å². The molecule has 2 heterocycles. The van der Waals surface area contributed by atoms with Crippen molar-refractivity contribution in [2.24, 2.45) is 10.9 Å². The van der Waals surface area contributed by atoms with E-state index in [1.165, 1.54) is 17.1 Å². The molecule has 1 atom stereocenters. The molecule has 2 rings (SSSR count). The molecule has 0 saturated carbocycles. The van der Waals surface area contributed by atoms with E-state index in [9.17, 15) is 0 Å². The number of ether oxygens (including phenoxy) is 1. The topological polar surface area (TPSA) is 61.8 Å². The van der Waals surface area contributed by atoms with E-state index in [4.69, 9.17) is 9.72 Å². The highest BCUT2D eigenvalue weighted by Gasteiger charge is 2.22. The smallest absolute Gasteiger partial charge is 0.191 e. The molecule has 1 aliphatic rings. The van der Waals surface area contributed by atoms with Crippen LogP contribution < -0.4 is 10.6 Å². The van der Waals surface area contributed by atoms with Crippen molar-refractivity contribution in [3.63, 3.8) is 0 Å². The zero-order valence-corrected chi connectivity index (χ0v) is 19.4. The summed E-state index contributed by atoms with van der Waals surface area (Å²) in [5.41, 5.74) is 1.29. The fourth-order valence-corrected chi connectivity index (χ4v) is 4.37. The number of nitrogens with one attached hydrogen (secondary N) is 2. The third kappa shape index (κ3) is 7.68. The van der Waals surface area contributed by atoms with Crippen LogP contribution in [0.5, 0.6) is 0 Å². The van der Waals surface area contributed by atoms with Crippen molar-refractivity contribution in [3.8, 4) is 0 Å². The molecule has 0 spiro atoms. The van der Waals surface area contributed by atoms with Crippen LogP contribution in [0.25, 0.3) is 0 Å². The van der Waals surface area contributed by atoms with Crippen LogP contribution in [0.2, 0.25) is 0 Å². The van der Waals surface area contributed by atoms with Crippen LogP contribution >= 0.6 is 11.3 Å². The molecule has 7 heteroatoms. The predicted molar refractivity (Wildman–Crippen MR) is 120 cm³/mol. The Labute approximate surface area is 175 Å². The summed E-state index contributed by atoms with van der Waals surface area (Å²) >= 11 is 1.75. The fourth-order valence-electron chi connectivity index (χ4n) is 3.34. The monoisotopic (exact) mass is 409 g/mol. The van der Waals surface area contributed by atoms with Gasteiger partial charge in [-0.2, -0.15) is 0 Å². The largest absolute Gasteiger partial charge is 0.379 e. The van der Waals surface area contributed by atoms with Gasteiger partial charge in [-0.15, -0.1) is 11.3 Å². The summed E-state index contributed by atoms with van der Waals surface area (Å²) in [5.74, 6) is 1.54. The van der Waals surface area contributed by atoms with Crippen LogP contribution in [0.15, 0.2) is 10.4 Å². The van der Waals surface area contributed by atoms with Crippen molar-refractivity contribution in [2.45, 2.75) is 58.9 Å². The molecule has 0 radical (unpaired) electrons. The van der Waals surface area contributed by atoms with Gasteiger partial charge in [0.1, 0.15) is 0 Å². The lowest BCUT2D eigenvalue weighted by Gasteiger charge is -2.35. The van der Waals surface area contributed by atoms with Gasteiger partial charge in [0.2, 0.25) is 0 Å². The van der Waals surface area contributed by atoms with Crippen molar-refractivity contribution in [3.05, 3.63) is 16.1 Å². The molecule has 160 valence electrons. The molecule has 1 aromatic rings. The maximum Gasteiger partial charge on any atom is 0.191 e. The van der Waals surface area contributed by atoms with E-state index in [0.717, 1.165) is 51.8 Å². The average molecular weight is 410 g/mol. The number of rotatable bonds is 8. The van der Waals surface area contributed by atoms with Gasteiger partial charge >= 0.3 is 0 Å². The van der Waals surface area contributed by atoms with Crippen LogP contribution in [-0.4, -0.2) is 68.3 Å². The van der Waals surface area contributed by atoms with Crippen molar-refractivity contribution in [1.82, 2.24) is 20.5 Å². The standard InChI is InChI=1S/C21H39N5OS/c1-16(2)13-17(26-9-11-27-12-10-26)14-24-20(22-6)23-8-7-19-25-18(15-28-19)21(3,4)5/h15-17H,7-14H2,1-6H3,(H2,22,23,24). The molecule has 28 heavy (non-hydrogen) atoms. The van der Waals surface area contributed by atoms with Gasteiger partial charge in [-0.25, -0.2) is 4.98 Å². The molecular formula is C21H39N5OS. The number of hydrogen-bond acceptors (Lipinski definition) is 5. The maximum absolute atomic E-state index is 5.52. The molecule has 1 aliphatic heterocycles. The molecular weight excluding hydrogens is 370 g/mol. The van der Waals surface area contributed by atoms with Gasteiger partial charge in [0.25, 0.3) is 0 Å². The third-order valence-electron chi connectivity index (χ3n) is 4.99. The van der Waals surface area contributed by atoms with E-state index < -0.39 is 0 Å². The van der Waals surface area contributed by atoms with E-state index in [1.807, 2.05) is 7.05 Å². The molecule has 1 saturated heterocycles. The van der Waals surface area contributed by atoms with Gasteiger partial charge < -0.3 is 15.4 Å². The first-order valence-corrected chi connectivity index (χ1v) is 11.4. The molecule has 1 fully saturated rings. The Morgan fingerprint density at radius 1 is 1.29 bits per heavy atom. The minimum Gasteiger partial charge on any atom is -0.379 e. The number of nitrogens with zero attached hydrogens (tertiary/aromatic N) is 3. The predicted octanol–water partition coefficient (Wildman–Crippen LogP) is 2.90.